The number of anilines is 1. The number of amides is 1. The molecular formula is C23H31N5O2. The first-order valence-electron chi connectivity index (χ1n) is 11.4. The minimum Gasteiger partial charge on any atom is -0.384 e. The molecule has 160 valence electrons. The van der Waals surface area contributed by atoms with Crippen molar-refractivity contribution in [3.8, 4) is 6.07 Å². The van der Waals surface area contributed by atoms with Crippen molar-refractivity contribution in [3.63, 3.8) is 0 Å². The van der Waals surface area contributed by atoms with Crippen LogP contribution in [0.2, 0.25) is 0 Å². The summed E-state index contributed by atoms with van der Waals surface area (Å²) in [5, 5.41) is 13.5. The first kappa shape index (κ1) is 19.8. The zero-order valence-corrected chi connectivity index (χ0v) is 17.8. The van der Waals surface area contributed by atoms with Gasteiger partial charge in [0.2, 0.25) is 5.91 Å². The highest BCUT2D eigenvalue weighted by Crippen LogP contribution is 2.44. The topological polar surface area (TPSA) is 81.5 Å². The monoisotopic (exact) mass is 409 g/mol. The minimum absolute atomic E-state index is 0.192. The smallest absolute Gasteiger partial charge is 0.225 e. The fourth-order valence-corrected chi connectivity index (χ4v) is 5.15. The molecule has 1 amide bonds. The largest absolute Gasteiger partial charge is 0.384 e. The highest BCUT2D eigenvalue weighted by atomic mass is 16.5. The SMILES string of the molecule is COCCC(=O)N1CCN(c2nc(C3CC3)c3c(c2C#N)CCNC3)C[C@H]1C1CC1. The number of hydrogen-bond donors (Lipinski definition) is 1. The second-order valence-electron chi connectivity index (χ2n) is 9.15. The standard InChI is InChI=1S/C23H31N5O2/c1-30-11-7-21(29)28-10-9-27(14-20(28)15-2-3-15)23-18(12-24)17-6-8-25-13-19(17)22(26-23)16-4-5-16/h15-16,20,25H,2-11,13-14H2,1H3/t20-/m0/s1. The number of nitrogens with one attached hydrogen (secondary N) is 1. The normalized spacial score (nSPS) is 23.8. The molecule has 30 heavy (non-hydrogen) atoms. The second-order valence-corrected chi connectivity index (χ2v) is 9.15. The maximum Gasteiger partial charge on any atom is 0.225 e. The molecule has 1 aromatic rings. The first-order valence-corrected chi connectivity index (χ1v) is 11.4. The van der Waals surface area contributed by atoms with Crippen LogP contribution < -0.4 is 10.2 Å². The van der Waals surface area contributed by atoms with Crippen LogP contribution in [0.25, 0.3) is 0 Å². The number of aromatic nitrogens is 1. The third-order valence-corrected chi connectivity index (χ3v) is 7.08. The number of carbonyl (C=O) groups excluding carboxylic acids is 1. The van der Waals surface area contributed by atoms with E-state index < -0.39 is 0 Å². The molecule has 2 saturated carbocycles. The third kappa shape index (κ3) is 3.67. The lowest BCUT2D eigenvalue weighted by molar-refractivity contribution is -0.135. The summed E-state index contributed by atoms with van der Waals surface area (Å²) in [7, 11) is 1.64. The van der Waals surface area contributed by atoms with E-state index in [1.807, 2.05) is 0 Å². The summed E-state index contributed by atoms with van der Waals surface area (Å²) in [5.41, 5.74) is 4.47. The van der Waals surface area contributed by atoms with Crippen molar-refractivity contribution < 1.29 is 9.53 Å². The number of ether oxygens (including phenoxy) is 1. The Balaban J connectivity index is 1.45. The van der Waals surface area contributed by atoms with Gasteiger partial charge in [-0.05, 0) is 55.7 Å². The molecule has 5 rings (SSSR count). The molecule has 2 aliphatic carbocycles. The molecule has 2 aliphatic heterocycles. The summed E-state index contributed by atoms with van der Waals surface area (Å²) in [6, 6.07) is 2.72. The number of nitrogens with zero attached hydrogens (tertiary/aromatic N) is 4. The summed E-state index contributed by atoms with van der Waals surface area (Å²) in [5.74, 6) is 2.20. The number of methoxy groups -OCH3 is 1. The number of rotatable bonds is 6. The molecule has 0 bridgehead atoms. The van der Waals surface area contributed by atoms with Crippen LogP contribution >= 0.6 is 0 Å². The van der Waals surface area contributed by atoms with E-state index in [-0.39, 0.29) is 11.9 Å². The number of piperazine rings is 1. The molecule has 0 radical (unpaired) electrons. The van der Waals surface area contributed by atoms with Crippen molar-refractivity contribution in [1.82, 2.24) is 15.2 Å². The van der Waals surface area contributed by atoms with Gasteiger partial charge in [0, 0.05) is 39.2 Å². The predicted octanol–water partition coefficient (Wildman–Crippen LogP) is 1.94. The van der Waals surface area contributed by atoms with Gasteiger partial charge in [-0.3, -0.25) is 4.79 Å². The Hall–Kier alpha value is -2.17. The summed E-state index contributed by atoms with van der Waals surface area (Å²) >= 11 is 0. The molecule has 7 heteroatoms. The van der Waals surface area contributed by atoms with Gasteiger partial charge in [-0.2, -0.15) is 5.26 Å². The van der Waals surface area contributed by atoms with Crippen molar-refractivity contribution in [2.75, 3.05) is 44.8 Å². The Morgan fingerprint density at radius 1 is 1.27 bits per heavy atom. The molecule has 1 N–H and O–H groups in total. The Labute approximate surface area is 178 Å². The average Bonchev–Trinajstić information content (AvgIpc) is 3.69. The van der Waals surface area contributed by atoms with Crippen LogP contribution in [0.15, 0.2) is 0 Å². The van der Waals surface area contributed by atoms with E-state index in [1.54, 1.807) is 7.11 Å². The minimum atomic E-state index is 0.192. The lowest BCUT2D eigenvalue weighted by Crippen LogP contribution is -2.56. The van der Waals surface area contributed by atoms with E-state index in [1.165, 1.54) is 42.5 Å². The molecule has 3 heterocycles. The maximum absolute atomic E-state index is 12.8. The fourth-order valence-electron chi connectivity index (χ4n) is 5.15. The van der Waals surface area contributed by atoms with Crippen LogP contribution in [0.5, 0.6) is 0 Å². The second kappa shape index (κ2) is 8.16. The number of carbonyl (C=O) groups is 1. The van der Waals surface area contributed by atoms with E-state index in [0.29, 0.717) is 31.4 Å². The molecule has 4 aliphatic rings. The highest BCUT2D eigenvalue weighted by molar-refractivity contribution is 5.77. The summed E-state index contributed by atoms with van der Waals surface area (Å²) in [6.07, 6.45) is 6.13. The van der Waals surface area contributed by atoms with E-state index in [0.717, 1.165) is 44.0 Å². The van der Waals surface area contributed by atoms with E-state index in [9.17, 15) is 10.1 Å². The van der Waals surface area contributed by atoms with Crippen LogP contribution in [0, 0.1) is 17.2 Å². The van der Waals surface area contributed by atoms with Crippen LogP contribution in [-0.4, -0.2) is 61.7 Å². The van der Waals surface area contributed by atoms with Gasteiger partial charge in [-0.25, -0.2) is 4.98 Å². The van der Waals surface area contributed by atoms with Gasteiger partial charge >= 0.3 is 0 Å². The van der Waals surface area contributed by atoms with Crippen molar-refractivity contribution in [2.45, 2.75) is 57.0 Å². The van der Waals surface area contributed by atoms with Gasteiger partial charge in [0.25, 0.3) is 0 Å². The van der Waals surface area contributed by atoms with E-state index >= 15 is 0 Å². The van der Waals surface area contributed by atoms with Gasteiger partial charge in [0.05, 0.1) is 30.3 Å². The number of fused-ring (bicyclic) bond motifs is 1. The van der Waals surface area contributed by atoms with Crippen LogP contribution in [0.4, 0.5) is 5.82 Å². The van der Waals surface area contributed by atoms with Crippen molar-refractivity contribution in [1.29, 1.82) is 5.26 Å². The zero-order chi connectivity index (χ0) is 20.7. The average molecular weight is 410 g/mol. The molecule has 1 aromatic heterocycles. The lowest BCUT2D eigenvalue weighted by atomic mass is 9.93. The van der Waals surface area contributed by atoms with Gasteiger partial charge in [-0.1, -0.05) is 0 Å². The molecule has 0 unspecified atom stereocenters. The number of nitriles is 1. The van der Waals surface area contributed by atoms with E-state index in [4.69, 9.17) is 9.72 Å². The van der Waals surface area contributed by atoms with Gasteiger partial charge in [0.1, 0.15) is 11.9 Å². The van der Waals surface area contributed by atoms with Crippen LogP contribution in [-0.2, 0) is 22.5 Å². The number of hydrogen-bond acceptors (Lipinski definition) is 6. The predicted molar refractivity (Wildman–Crippen MR) is 113 cm³/mol. The van der Waals surface area contributed by atoms with Gasteiger partial charge in [0.15, 0.2) is 0 Å². The number of pyridine rings is 1. The molecular weight excluding hydrogens is 378 g/mol. The Morgan fingerprint density at radius 3 is 2.80 bits per heavy atom. The zero-order valence-electron chi connectivity index (χ0n) is 17.8. The van der Waals surface area contributed by atoms with Gasteiger partial charge in [-0.15, -0.1) is 0 Å². The Morgan fingerprint density at radius 2 is 2.10 bits per heavy atom. The molecule has 7 nitrogen and oxygen atoms in total. The van der Waals surface area contributed by atoms with Crippen molar-refractivity contribution in [2.24, 2.45) is 5.92 Å². The summed E-state index contributed by atoms with van der Waals surface area (Å²) in [6.45, 7) is 4.45. The molecule has 3 fully saturated rings. The third-order valence-electron chi connectivity index (χ3n) is 7.08. The Bertz CT molecular complexity index is 871. The summed E-state index contributed by atoms with van der Waals surface area (Å²) < 4.78 is 5.12. The van der Waals surface area contributed by atoms with Crippen molar-refractivity contribution in [3.05, 3.63) is 22.4 Å². The molecule has 1 saturated heterocycles. The van der Waals surface area contributed by atoms with Crippen LogP contribution in [0.3, 0.4) is 0 Å². The quantitative estimate of drug-likeness (QED) is 0.773. The molecule has 0 aromatic carbocycles. The molecule has 0 spiro atoms. The van der Waals surface area contributed by atoms with Gasteiger partial charge < -0.3 is 19.9 Å². The van der Waals surface area contributed by atoms with E-state index in [2.05, 4.69) is 21.2 Å². The van der Waals surface area contributed by atoms with Crippen LogP contribution in [0.1, 0.15) is 60.4 Å². The lowest BCUT2D eigenvalue weighted by Gasteiger charge is -2.43. The Kier molecular flexibility index (Phi) is 5.38. The summed E-state index contributed by atoms with van der Waals surface area (Å²) in [4.78, 5) is 22.3. The first-order chi connectivity index (χ1) is 14.7. The highest BCUT2D eigenvalue weighted by Gasteiger charge is 2.42. The fraction of sp³-hybridized carbons (Fsp3) is 0.696. The molecule has 1 atom stereocenters. The van der Waals surface area contributed by atoms with Crippen molar-refractivity contribution >= 4 is 11.7 Å². The maximum atomic E-state index is 12.8.